The average molecular weight is 497 g/mol. The number of aromatic nitrogens is 4. The lowest BCUT2D eigenvalue weighted by Gasteiger charge is -2.34. The van der Waals surface area contributed by atoms with Crippen LogP contribution >= 0.6 is 0 Å². The zero-order valence-corrected chi connectivity index (χ0v) is 20.4. The number of carbonyl (C=O) groups is 1. The monoisotopic (exact) mass is 496 g/mol. The van der Waals surface area contributed by atoms with Gasteiger partial charge in [-0.1, -0.05) is 0 Å². The summed E-state index contributed by atoms with van der Waals surface area (Å²) in [7, 11) is 0. The maximum atomic E-state index is 10.8. The predicted octanol–water partition coefficient (Wildman–Crippen LogP) is 3.45. The molecule has 2 aliphatic heterocycles. The maximum absolute atomic E-state index is 10.8. The zero-order chi connectivity index (χ0) is 24.9. The molecule has 0 aromatic carbocycles. The summed E-state index contributed by atoms with van der Waals surface area (Å²) in [6.07, 6.45) is 5.97. The van der Waals surface area contributed by atoms with Gasteiger partial charge in [-0.15, -0.1) is 0 Å². The second kappa shape index (κ2) is 11.1. The number of hydrogen-bond donors (Lipinski definition) is 2. The first-order valence-corrected chi connectivity index (χ1v) is 12.5. The molecule has 0 radical (unpaired) electrons. The molecule has 3 aromatic heterocycles. The molecule has 5 rings (SSSR count). The van der Waals surface area contributed by atoms with E-state index in [1.54, 1.807) is 12.4 Å². The van der Waals surface area contributed by atoms with Gasteiger partial charge in [-0.3, -0.25) is 4.98 Å². The molecule has 1 amide bonds. The molecule has 3 aromatic rings. The van der Waals surface area contributed by atoms with Gasteiger partial charge in [-0.2, -0.15) is 5.10 Å². The van der Waals surface area contributed by atoms with Crippen LogP contribution in [0.4, 0.5) is 10.6 Å². The highest BCUT2D eigenvalue weighted by Crippen LogP contribution is 2.36. The predicted molar refractivity (Wildman–Crippen MR) is 133 cm³/mol. The molecule has 192 valence electrons. The van der Waals surface area contributed by atoms with Gasteiger partial charge in [-0.05, 0) is 44.7 Å². The summed E-state index contributed by atoms with van der Waals surface area (Å²) >= 11 is 0. The highest BCUT2D eigenvalue weighted by atomic mass is 16.5. The fourth-order valence-corrected chi connectivity index (χ4v) is 4.73. The van der Waals surface area contributed by atoms with Gasteiger partial charge in [0.05, 0.1) is 31.6 Å². The zero-order valence-electron chi connectivity index (χ0n) is 20.4. The Balaban J connectivity index is 1.54. The molecular weight excluding hydrogens is 464 g/mol. The van der Waals surface area contributed by atoms with Crippen molar-refractivity contribution in [3.05, 3.63) is 30.6 Å². The fourth-order valence-electron chi connectivity index (χ4n) is 4.73. The molecule has 2 N–H and O–H groups in total. The Morgan fingerprint density at radius 1 is 1.28 bits per heavy atom. The van der Waals surface area contributed by atoms with Crippen molar-refractivity contribution in [1.82, 2.24) is 25.1 Å². The molecule has 0 saturated carbocycles. The Bertz CT molecular complexity index is 1190. The molecule has 2 atom stereocenters. The van der Waals surface area contributed by atoms with E-state index in [2.05, 4.69) is 22.2 Å². The van der Waals surface area contributed by atoms with Crippen LogP contribution in [0.3, 0.4) is 0 Å². The van der Waals surface area contributed by atoms with Gasteiger partial charge in [0, 0.05) is 43.5 Å². The van der Waals surface area contributed by atoms with Crippen molar-refractivity contribution in [2.75, 3.05) is 44.4 Å². The first-order valence-electron chi connectivity index (χ1n) is 12.5. The minimum atomic E-state index is -1.04. The van der Waals surface area contributed by atoms with Crippen molar-refractivity contribution in [3.8, 4) is 17.1 Å². The first-order chi connectivity index (χ1) is 17.6. The third-order valence-electron chi connectivity index (χ3n) is 6.53. The number of rotatable bonds is 8. The van der Waals surface area contributed by atoms with Gasteiger partial charge >= 0.3 is 6.09 Å². The summed E-state index contributed by atoms with van der Waals surface area (Å²) in [4.78, 5) is 22.8. The van der Waals surface area contributed by atoms with Crippen LogP contribution in [0.15, 0.2) is 30.6 Å². The number of morpholine rings is 1. The number of nitrogens with one attached hydrogen (secondary N) is 1. The van der Waals surface area contributed by atoms with E-state index in [4.69, 9.17) is 29.3 Å². The quantitative estimate of drug-likeness (QED) is 0.451. The Morgan fingerprint density at radius 2 is 2.19 bits per heavy atom. The van der Waals surface area contributed by atoms with Crippen LogP contribution in [0.2, 0.25) is 0 Å². The van der Waals surface area contributed by atoms with Crippen LogP contribution in [-0.4, -0.2) is 76.5 Å². The number of nitrogens with zero attached hydrogens (tertiary/aromatic N) is 5. The lowest BCUT2D eigenvalue weighted by Crippen LogP contribution is -2.44. The molecule has 2 fully saturated rings. The fraction of sp³-hybridized carbons (Fsp3) is 0.520. The van der Waals surface area contributed by atoms with E-state index in [0.29, 0.717) is 38.5 Å². The number of pyridine rings is 2. The van der Waals surface area contributed by atoms with Crippen LogP contribution in [0.1, 0.15) is 38.8 Å². The minimum Gasteiger partial charge on any atom is -0.493 e. The van der Waals surface area contributed by atoms with E-state index >= 15 is 0 Å². The first kappa shape index (κ1) is 24.3. The summed E-state index contributed by atoms with van der Waals surface area (Å²) in [5, 5.41) is 16.6. The van der Waals surface area contributed by atoms with Gasteiger partial charge < -0.3 is 29.5 Å². The molecule has 0 spiro atoms. The minimum absolute atomic E-state index is 0.124. The van der Waals surface area contributed by atoms with E-state index < -0.39 is 6.09 Å². The lowest BCUT2D eigenvalue weighted by atomic mass is 10.1. The van der Waals surface area contributed by atoms with Crippen molar-refractivity contribution in [3.63, 3.8) is 0 Å². The molecule has 5 heterocycles. The van der Waals surface area contributed by atoms with Crippen LogP contribution in [-0.2, 0) is 9.47 Å². The Kier molecular flexibility index (Phi) is 7.47. The average Bonchev–Trinajstić information content (AvgIpc) is 3.38. The van der Waals surface area contributed by atoms with Crippen LogP contribution in [0, 0.1) is 0 Å². The van der Waals surface area contributed by atoms with E-state index in [-0.39, 0.29) is 12.3 Å². The standard InChI is InChI=1S/C25H32N6O5/c1-17-16-34-14-11-30(17)21-15-20(35-13-4-8-27-25(32)33)18-6-9-26-24(23(18)29-21)19-7-10-28-31(19)22-5-2-3-12-36-22/h6-7,9-10,15,17,22,27H,2-5,8,11-14,16H2,1H3,(H,32,33)/t17-,22?/m1/s1. The van der Waals surface area contributed by atoms with E-state index in [9.17, 15) is 4.79 Å². The van der Waals surface area contributed by atoms with Crippen molar-refractivity contribution in [1.29, 1.82) is 0 Å². The highest BCUT2D eigenvalue weighted by molar-refractivity contribution is 5.95. The topological polar surface area (TPSA) is 124 Å². The molecule has 1 unspecified atom stereocenters. The summed E-state index contributed by atoms with van der Waals surface area (Å²) in [6, 6.07) is 5.97. The number of hydrogen-bond acceptors (Lipinski definition) is 8. The molecule has 11 heteroatoms. The summed E-state index contributed by atoms with van der Waals surface area (Å²) in [5.41, 5.74) is 2.30. The molecule has 0 bridgehead atoms. The Hall–Kier alpha value is -3.44. The maximum Gasteiger partial charge on any atom is 0.404 e. The van der Waals surface area contributed by atoms with E-state index in [1.807, 2.05) is 22.9 Å². The van der Waals surface area contributed by atoms with Crippen LogP contribution in [0.5, 0.6) is 5.75 Å². The van der Waals surface area contributed by atoms with Crippen molar-refractivity contribution in [2.45, 2.75) is 44.9 Å². The van der Waals surface area contributed by atoms with Gasteiger partial charge in [0.25, 0.3) is 0 Å². The Morgan fingerprint density at radius 3 is 3.00 bits per heavy atom. The second-order valence-electron chi connectivity index (χ2n) is 9.07. The second-order valence-corrected chi connectivity index (χ2v) is 9.07. The summed E-state index contributed by atoms with van der Waals surface area (Å²) < 4.78 is 19.7. The van der Waals surface area contributed by atoms with Gasteiger partial charge in [-0.25, -0.2) is 14.5 Å². The molecule has 0 aliphatic carbocycles. The number of anilines is 1. The van der Waals surface area contributed by atoms with Crippen molar-refractivity contribution in [2.24, 2.45) is 0 Å². The van der Waals surface area contributed by atoms with Crippen molar-refractivity contribution < 1.29 is 24.1 Å². The molecular formula is C25H32N6O5. The molecule has 11 nitrogen and oxygen atoms in total. The van der Waals surface area contributed by atoms with Crippen molar-refractivity contribution >= 4 is 22.8 Å². The molecule has 2 saturated heterocycles. The number of carboxylic acid groups (broad SMARTS) is 1. The summed E-state index contributed by atoms with van der Waals surface area (Å²) in [6.45, 7) is 5.50. The third kappa shape index (κ3) is 5.21. The number of fused-ring (bicyclic) bond motifs is 1. The van der Waals surface area contributed by atoms with Gasteiger partial charge in [0.1, 0.15) is 22.8 Å². The molecule has 36 heavy (non-hydrogen) atoms. The molecule has 2 aliphatic rings. The number of amides is 1. The lowest BCUT2D eigenvalue weighted by molar-refractivity contribution is -0.0383. The van der Waals surface area contributed by atoms with Gasteiger partial charge in [0.2, 0.25) is 0 Å². The third-order valence-corrected chi connectivity index (χ3v) is 6.53. The SMILES string of the molecule is C[C@@H]1COCCN1c1cc(OCCCNC(=O)O)c2ccnc(-c3ccnn3C3CCCCO3)c2n1. The number of ether oxygens (including phenoxy) is 3. The smallest absolute Gasteiger partial charge is 0.404 e. The van der Waals surface area contributed by atoms with Crippen LogP contribution < -0.4 is 15.0 Å². The van der Waals surface area contributed by atoms with E-state index in [0.717, 1.165) is 60.5 Å². The largest absolute Gasteiger partial charge is 0.493 e. The summed E-state index contributed by atoms with van der Waals surface area (Å²) in [5.74, 6) is 1.49. The Labute approximate surface area is 209 Å². The van der Waals surface area contributed by atoms with Crippen LogP contribution in [0.25, 0.3) is 22.3 Å². The normalized spacial score (nSPS) is 20.4. The van der Waals surface area contributed by atoms with E-state index in [1.165, 1.54) is 0 Å². The van der Waals surface area contributed by atoms with Gasteiger partial charge in [0.15, 0.2) is 6.23 Å². The highest BCUT2D eigenvalue weighted by Gasteiger charge is 2.25.